The van der Waals surface area contributed by atoms with Crippen molar-refractivity contribution in [3.05, 3.63) is 70.8 Å². The van der Waals surface area contributed by atoms with Crippen LogP contribution in [0.3, 0.4) is 0 Å². The number of carbonyl (C=O) groups excluding carboxylic acids is 1. The molecule has 0 radical (unpaired) electrons. The minimum Gasteiger partial charge on any atom is -0.348 e. The third kappa shape index (κ3) is 7.62. The van der Waals surface area contributed by atoms with Crippen molar-refractivity contribution in [1.82, 2.24) is 19.4 Å². The van der Waals surface area contributed by atoms with Crippen LogP contribution in [0.4, 0.5) is 0 Å². The molecule has 2 aromatic rings. The number of nitrogens with one attached hydrogen (secondary N) is 1. The van der Waals surface area contributed by atoms with Crippen LogP contribution >= 0.6 is 0 Å². The molecule has 196 valence electrons. The van der Waals surface area contributed by atoms with Gasteiger partial charge in [0.25, 0.3) is 5.91 Å². The van der Waals surface area contributed by atoms with Gasteiger partial charge in [0, 0.05) is 51.4 Å². The van der Waals surface area contributed by atoms with Gasteiger partial charge in [0.2, 0.25) is 10.0 Å². The molecule has 2 heterocycles. The molecule has 2 aromatic carbocycles. The van der Waals surface area contributed by atoms with Crippen molar-refractivity contribution in [2.45, 2.75) is 52.2 Å². The molecular formula is C28H40N4O3S. The van der Waals surface area contributed by atoms with E-state index in [-0.39, 0.29) is 11.7 Å². The van der Waals surface area contributed by atoms with Crippen molar-refractivity contribution < 1.29 is 13.2 Å². The van der Waals surface area contributed by atoms with Crippen LogP contribution in [-0.4, -0.2) is 73.5 Å². The molecule has 36 heavy (non-hydrogen) atoms. The molecule has 0 atom stereocenters. The first kappa shape index (κ1) is 26.8. The zero-order valence-electron chi connectivity index (χ0n) is 21.5. The lowest BCUT2D eigenvalue weighted by atomic mass is 10.1. The number of hydrogen-bond donors (Lipinski definition) is 1. The van der Waals surface area contributed by atoms with E-state index in [0.717, 1.165) is 17.7 Å². The number of benzene rings is 2. The number of likely N-dealkylation sites (tertiary alicyclic amines) is 1. The minimum atomic E-state index is -3.12. The standard InChI is InChI=1S/C28H40N4O3S/c1-2-36(34,35)32-18-16-31(17-19-32)23-26-8-7-9-27(20-26)28(33)29-21-24-10-12-25(13-11-24)22-30-14-5-3-4-6-15-30/h7-13,20H,2-6,14-19,21-23H2,1H3,(H,29,33). The van der Waals surface area contributed by atoms with Crippen LogP contribution in [0.1, 0.15) is 59.7 Å². The Morgan fingerprint density at radius 1 is 0.778 bits per heavy atom. The van der Waals surface area contributed by atoms with Crippen LogP contribution in [0.5, 0.6) is 0 Å². The summed E-state index contributed by atoms with van der Waals surface area (Å²) in [6.45, 7) is 8.71. The van der Waals surface area contributed by atoms with Crippen LogP contribution in [-0.2, 0) is 29.7 Å². The lowest BCUT2D eigenvalue weighted by Gasteiger charge is -2.33. The molecule has 0 saturated carbocycles. The van der Waals surface area contributed by atoms with Crippen LogP contribution in [0.15, 0.2) is 48.5 Å². The third-order valence-corrected chi connectivity index (χ3v) is 9.15. The summed E-state index contributed by atoms with van der Waals surface area (Å²) in [4.78, 5) is 17.6. The number of rotatable bonds is 9. The van der Waals surface area contributed by atoms with E-state index in [1.807, 2.05) is 24.3 Å². The lowest BCUT2D eigenvalue weighted by Crippen LogP contribution is -2.48. The number of amides is 1. The van der Waals surface area contributed by atoms with Gasteiger partial charge in [-0.2, -0.15) is 4.31 Å². The maximum atomic E-state index is 12.8. The zero-order chi connectivity index (χ0) is 25.4. The summed E-state index contributed by atoms with van der Waals surface area (Å²) in [7, 11) is -3.12. The zero-order valence-corrected chi connectivity index (χ0v) is 22.3. The highest BCUT2D eigenvalue weighted by molar-refractivity contribution is 7.89. The molecule has 1 N–H and O–H groups in total. The summed E-state index contributed by atoms with van der Waals surface area (Å²) in [5, 5.41) is 3.05. The van der Waals surface area contributed by atoms with Gasteiger partial charge in [-0.25, -0.2) is 8.42 Å². The van der Waals surface area contributed by atoms with E-state index in [2.05, 4.69) is 39.4 Å². The molecule has 2 aliphatic rings. The highest BCUT2D eigenvalue weighted by Gasteiger charge is 2.25. The number of hydrogen-bond acceptors (Lipinski definition) is 5. The molecule has 1 amide bonds. The summed E-state index contributed by atoms with van der Waals surface area (Å²) in [6.07, 6.45) is 5.29. The van der Waals surface area contributed by atoms with Crippen molar-refractivity contribution in [3.8, 4) is 0 Å². The topological polar surface area (TPSA) is 73.0 Å². The SMILES string of the molecule is CCS(=O)(=O)N1CCN(Cc2cccc(C(=O)NCc3ccc(CN4CCCCCC4)cc3)c2)CC1. The first-order chi connectivity index (χ1) is 17.4. The molecular weight excluding hydrogens is 472 g/mol. The Kier molecular flexibility index (Phi) is 9.53. The predicted molar refractivity (Wildman–Crippen MR) is 144 cm³/mol. The van der Waals surface area contributed by atoms with Gasteiger partial charge in [-0.3, -0.25) is 14.6 Å². The van der Waals surface area contributed by atoms with E-state index in [9.17, 15) is 13.2 Å². The highest BCUT2D eigenvalue weighted by Crippen LogP contribution is 2.15. The lowest BCUT2D eigenvalue weighted by molar-refractivity contribution is 0.0950. The van der Waals surface area contributed by atoms with E-state index in [4.69, 9.17) is 0 Å². The fraction of sp³-hybridized carbons (Fsp3) is 0.536. The second-order valence-electron chi connectivity index (χ2n) is 9.97. The second-order valence-corrected chi connectivity index (χ2v) is 12.2. The van der Waals surface area contributed by atoms with E-state index >= 15 is 0 Å². The molecule has 7 nitrogen and oxygen atoms in total. The van der Waals surface area contributed by atoms with Crippen molar-refractivity contribution in [1.29, 1.82) is 0 Å². The Hall–Kier alpha value is -2.26. The van der Waals surface area contributed by atoms with Crippen molar-refractivity contribution in [2.75, 3.05) is 45.0 Å². The number of nitrogens with zero attached hydrogens (tertiary/aromatic N) is 3. The maximum absolute atomic E-state index is 12.8. The van der Waals surface area contributed by atoms with Gasteiger partial charge in [0.15, 0.2) is 0 Å². The second kappa shape index (κ2) is 12.8. The quantitative estimate of drug-likeness (QED) is 0.557. The maximum Gasteiger partial charge on any atom is 0.251 e. The molecule has 4 rings (SSSR count). The van der Waals surface area contributed by atoms with Crippen molar-refractivity contribution in [2.24, 2.45) is 0 Å². The van der Waals surface area contributed by atoms with Gasteiger partial charge in [-0.15, -0.1) is 0 Å². The van der Waals surface area contributed by atoms with E-state index in [1.165, 1.54) is 44.3 Å². The van der Waals surface area contributed by atoms with Crippen LogP contribution in [0.25, 0.3) is 0 Å². The van der Waals surface area contributed by atoms with Gasteiger partial charge < -0.3 is 5.32 Å². The fourth-order valence-electron chi connectivity index (χ4n) is 5.02. The molecule has 2 aliphatic heterocycles. The molecule has 0 aromatic heterocycles. The third-order valence-electron chi connectivity index (χ3n) is 7.27. The first-order valence-corrected chi connectivity index (χ1v) is 14.9. The van der Waals surface area contributed by atoms with Crippen molar-refractivity contribution >= 4 is 15.9 Å². The highest BCUT2D eigenvalue weighted by atomic mass is 32.2. The van der Waals surface area contributed by atoms with Gasteiger partial charge in [-0.05, 0) is 61.7 Å². The first-order valence-electron chi connectivity index (χ1n) is 13.3. The number of piperazine rings is 1. The van der Waals surface area contributed by atoms with Crippen LogP contribution < -0.4 is 5.32 Å². The van der Waals surface area contributed by atoms with Crippen LogP contribution in [0, 0.1) is 0 Å². The van der Waals surface area contributed by atoms with Gasteiger partial charge in [0.1, 0.15) is 0 Å². The number of carbonyl (C=O) groups is 1. The number of sulfonamides is 1. The Bertz CT molecular complexity index is 1090. The molecule has 2 saturated heterocycles. The summed E-state index contributed by atoms with van der Waals surface area (Å²) < 4.78 is 25.7. The van der Waals surface area contributed by atoms with Gasteiger partial charge >= 0.3 is 0 Å². The van der Waals surface area contributed by atoms with Crippen molar-refractivity contribution in [3.63, 3.8) is 0 Å². The fourth-order valence-corrected chi connectivity index (χ4v) is 6.10. The van der Waals surface area contributed by atoms with Gasteiger partial charge in [-0.1, -0.05) is 49.2 Å². The summed E-state index contributed by atoms with van der Waals surface area (Å²) >= 11 is 0. The van der Waals surface area contributed by atoms with E-state index in [0.29, 0.717) is 44.8 Å². The Morgan fingerprint density at radius 3 is 2.06 bits per heavy atom. The Balaban J connectivity index is 1.25. The minimum absolute atomic E-state index is 0.0793. The molecule has 0 spiro atoms. The largest absolute Gasteiger partial charge is 0.348 e. The average molecular weight is 513 g/mol. The average Bonchev–Trinajstić information content (AvgIpc) is 3.17. The molecule has 2 fully saturated rings. The Labute approximate surface area is 216 Å². The van der Waals surface area contributed by atoms with Gasteiger partial charge in [0.05, 0.1) is 5.75 Å². The molecule has 0 bridgehead atoms. The normalized spacial score (nSPS) is 18.6. The van der Waals surface area contributed by atoms with E-state index < -0.39 is 10.0 Å². The Morgan fingerprint density at radius 2 is 1.39 bits per heavy atom. The summed E-state index contributed by atoms with van der Waals surface area (Å²) in [6, 6.07) is 16.3. The smallest absolute Gasteiger partial charge is 0.251 e. The predicted octanol–water partition coefficient (Wildman–Crippen LogP) is 3.46. The molecule has 0 aliphatic carbocycles. The van der Waals surface area contributed by atoms with E-state index in [1.54, 1.807) is 11.2 Å². The molecule has 8 heteroatoms. The molecule has 0 unspecified atom stereocenters. The summed E-state index contributed by atoms with van der Waals surface area (Å²) in [5.41, 5.74) is 4.14. The monoisotopic (exact) mass is 512 g/mol. The van der Waals surface area contributed by atoms with Crippen LogP contribution in [0.2, 0.25) is 0 Å². The summed E-state index contributed by atoms with van der Waals surface area (Å²) in [5.74, 6) is 0.0664.